The van der Waals surface area contributed by atoms with Crippen molar-refractivity contribution in [2.45, 2.75) is 12.5 Å². The van der Waals surface area contributed by atoms with Gasteiger partial charge in [0.15, 0.2) is 0 Å². The molecule has 5 N–H and O–H groups in total. The molecule has 1 aliphatic rings. The zero-order valence-corrected chi connectivity index (χ0v) is 9.28. The van der Waals surface area contributed by atoms with Crippen LogP contribution in [0.4, 0.5) is 0 Å². The molecule has 0 aliphatic carbocycles. The Kier molecular flexibility index (Phi) is 3.98. The van der Waals surface area contributed by atoms with Crippen LogP contribution in [0, 0.1) is 5.41 Å². The Labute approximate surface area is 91.8 Å². The lowest BCUT2D eigenvalue weighted by Crippen LogP contribution is -2.43. The summed E-state index contributed by atoms with van der Waals surface area (Å²) in [6.07, 6.45) is 1.35. The lowest BCUT2D eigenvalue weighted by atomic mass is 9.98. The molecule has 0 amide bonds. The first-order valence-corrected chi connectivity index (χ1v) is 6.39. The van der Waals surface area contributed by atoms with E-state index < -0.39 is 25.8 Å². The monoisotopic (exact) mass is 248 g/mol. The molecule has 0 aromatic carbocycles. The molecule has 1 aliphatic heterocycles. The number of nitrogens with one attached hydrogen (secondary N) is 2. The van der Waals surface area contributed by atoms with Crippen LogP contribution in [0.3, 0.4) is 0 Å². The summed E-state index contributed by atoms with van der Waals surface area (Å²) in [6.45, 7) is 0.476. The van der Waals surface area contributed by atoms with Gasteiger partial charge in [0.25, 0.3) is 0 Å². The van der Waals surface area contributed by atoms with Crippen molar-refractivity contribution in [2.75, 3.05) is 12.7 Å². The molecule has 0 aromatic heterocycles. The van der Waals surface area contributed by atoms with E-state index in [2.05, 4.69) is 5.32 Å². The van der Waals surface area contributed by atoms with E-state index in [4.69, 9.17) is 20.3 Å². The Hall–Kier alpha value is -1.01. The largest absolute Gasteiger partial charge is 0.480 e. The molecule has 0 unspecified atom stereocenters. The second kappa shape index (κ2) is 4.88. The van der Waals surface area contributed by atoms with E-state index in [1.54, 1.807) is 0 Å². The fourth-order valence-corrected chi connectivity index (χ4v) is 2.09. The van der Waals surface area contributed by atoms with Crippen LogP contribution in [-0.2, 0) is 9.36 Å². The minimum atomic E-state index is -4.33. The van der Waals surface area contributed by atoms with Crippen molar-refractivity contribution in [3.8, 4) is 0 Å². The van der Waals surface area contributed by atoms with Crippen molar-refractivity contribution in [1.29, 1.82) is 5.41 Å². The van der Waals surface area contributed by atoms with Gasteiger partial charge in [-0.25, -0.2) is 0 Å². The predicted octanol–water partition coefficient (Wildman–Crippen LogP) is -0.443. The topological polar surface area (TPSA) is 131 Å². The van der Waals surface area contributed by atoms with Crippen molar-refractivity contribution >= 4 is 19.3 Å². The first kappa shape index (κ1) is 13.1. The number of aliphatic carboxylic acids is 1. The standard InChI is InChI=1S/C8H13N2O5P/c9-6(4-16(13,14)15)5-2-1-3-10-7(5)8(11)12/h2,7,9-10H,1,3-4H2,(H,11,12)(H2,13,14,15)/t7-/m1/s1. The maximum atomic E-state index is 10.8. The number of rotatable bonds is 4. The van der Waals surface area contributed by atoms with Crippen LogP contribution in [0.2, 0.25) is 0 Å². The number of carbonyl (C=O) groups is 1. The van der Waals surface area contributed by atoms with Crippen LogP contribution in [0.25, 0.3) is 0 Å². The van der Waals surface area contributed by atoms with Crippen molar-refractivity contribution in [2.24, 2.45) is 0 Å². The summed E-state index contributed by atoms with van der Waals surface area (Å²) in [6, 6.07) is -1.05. The van der Waals surface area contributed by atoms with Crippen molar-refractivity contribution < 1.29 is 24.3 Å². The van der Waals surface area contributed by atoms with Gasteiger partial charge in [0.2, 0.25) is 0 Å². The van der Waals surface area contributed by atoms with Crippen molar-refractivity contribution in [3.05, 3.63) is 11.6 Å². The summed E-state index contributed by atoms with van der Waals surface area (Å²) in [5.41, 5.74) is -0.185. The first-order valence-electron chi connectivity index (χ1n) is 4.60. The van der Waals surface area contributed by atoms with Crippen LogP contribution in [0.1, 0.15) is 6.42 Å². The average molecular weight is 248 g/mol. The van der Waals surface area contributed by atoms with Gasteiger partial charge in [0, 0.05) is 5.71 Å². The third-order valence-corrected chi connectivity index (χ3v) is 2.86. The Morgan fingerprint density at radius 2 is 2.25 bits per heavy atom. The summed E-state index contributed by atoms with van der Waals surface area (Å²) in [4.78, 5) is 28.3. The zero-order chi connectivity index (χ0) is 12.3. The van der Waals surface area contributed by atoms with E-state index in [1.807, 2.05) is 0 Å². The molecule has 0 radical (unpaired) electrons. The van der Waals surface area contributed by atoms with E-state index in [9.17, 15) is 9.36 Å². The molecule has 7 nitrogen and oxygen atoms in total. The van der Waals surface area contributed by atoms with E-state index in [-0.39, 0.29) is 11.3 Å². The van der Waals surface area contributed by atoms with Crippen LogP contribution >= 0.6 is 7.60 Å². The Morgan fingerprint density at radius 3 is 2.75 bits per heavy atom. The van der Waals surface area contributed by atoms with Gasteiger partial charge < -0.3 is 25.6 Å². The van der Waals surface area contributed by atoms with Crippen LogP contribution < -0.4 is 5.32 Å². The highest BCUT2D eigenvalue weighted by molar-refractivity contribution is 7.52. The van der Waals surface area contributed by atoms with E-state index in [1.165, 1.54) is 6.08 Å². The summed E-state index contributed by atoms with van der Waals surface area (Å²) in [5, 5.41) is 19.0. The Bertz CT molecular complexity index is 386. The van der Waals surface area contributed by atoms with Gasteiger partial charge in [0.1, 0.15) is 6.04 Å². The maximum Gasteiger partial charge on any atom is 0.331 e. The fraction of sp³-hybridized carbons (Fsp3) is 0.500. The molecule has 0 saturated carbocycles. The van der Waals surface area contributed by atoms with Gasteiger partial charge in [-0.3, -0.25) is 9.36 Å². The highest BCUT2D eigenvalue weighted by Gasteiger charge is 2.29. The van der Waals surface area contributed by atoms with E-state index in [0.717, 1.165) is 0 Å². The van der Waals surface area contributed by atoms with E-state index in [0.29, 0.717) is 13.0 Å². The third kappa shape index (κ3) is 3.53. The molecule has 90 valence electrons. The summed E-state index contributed by atoms with van der Waals surface area (Å²) < 4.78 is 10.7. The predicted molar refractivity (Wildman–Crippen MR) is 56.8 cm³/mol. The Balaban J connectivity index is 2.84. The summed E-state index contributed by atoms with van der Waals surface area (Å²) in [7, 11) is -4.33. The molecule has 0 bridgehead atoms. The summed E-state index contributed by atoms with van der Waals surface area (Å²) >= 11 is 0. The maximum absolute atomic E-state index is 10.8. The van der Waals surface area contributed by atoms with Crippen LogP contribution in [0.5, 0.6) is 0 Å². The molecule has 8 heteroatoms. The van der Waals surface area contributed by atoms with Crippen LogP contribution in [-0.4, -0.2) is 45.3 Å². The quantitative estimate of drug-likeness (QED) is 0.338. The second-order valence-corrected chi connectivity index (χ2v) is 5.12. The first-order chi connectivity index (χ1) is 7.31. The average Bonchev–Trinajstić information content (AvgIpc) is 2.15. The lowest BCUT2D eigenvalue weighted by molar-refractivity contribution is -0.138. The minimum absolute atomic E-state index is 0.141. The molecular formula is C8H13N2O5P. The van der Waals surface area contributed by atoms with Gasteiger partial charge in [-0.15, -0.1) is 0 Å². The number of carboxylic acid groups (broad SMARTS) is 1. The van der Waals surface area contributed by atoms with Gasteiger partial charge in [-0.2, -0.15) is 0 Å². The van der Waals surface area contributed by atoms with Crippen LogP contribution in [0.15, 0.2) is 11.6 Å². The van der Waals surface area contributed by atoms with Gasteiger partial charge in [0.05, 0.1) is 6.16 Å². The van der Waals surface area contributed by atoms with Gasteiger partial charge >= 0.3 is 13.6 Å². The smallest absolute Gasteiger partial charge is 0.331 e. The molecule has 0 spiro atoms. The highest BCUT2D eigenvalue weighted by Crippen LogP contribution is 2.35. The van der Waals surface area contributed by atoms with Crippen molar-refractivity contribution in [3.63, 3.8) is 0 Å². The van der Waals surface area contributed by atoms with Gasteiger partial charge in [-0.05, 0) is 18.5 Å². The number of carboxylic acids is 1. The Morgan fingerprint density at radius 1 is 1.62 bits per heavy atom. The number of hydrogen-bond donors (Lipinski definition) is 5. The molecule has 1 rings (SSSR count). The minimum Gasteiger partial charge on any atom is -0.480 e. The van der Waals surface area contributed by atoms with Crippen molar-refractivity contribution in [1.82, 2.24) is 5.32 Å². The zero-order valence-electron chi connectivity index (χ0n) is 8.38. The third-order valence-electron chi connectivity index (χ3n) is 2.13. The van der Waals surface area contributed by atoms with Gasteiger partial charge in [-0.1, -0.05) is 6.08 Å². The number of hydrogen-bond acceptors (Lipinski definition) is 4. The molecule has 0 aromatic rings. The summed E-state index contributed by atoms with van der Waals surface area (Å²) in [5.74, 6) is -1.15. The molecule has 1 heterocycles. The fourth-order valence-electron chi connectivity index (χ4n) is 1.50. The normalized spacial score (nSPS) is 21.4. The SMILES string of the molecule is N=C(CP(=O)(O)O)C1=CCCN[C@H]1C(=O)O. The molecule has 1 atom stereocenters. The highest BCUT2D eigenvalue weighted by atomic mass is 31.2. The molecule has 0 saturated heterocycles. The molecular weight excluding hydrogens is 235 g/mol. The second-order valence-electron chi connectivity index (χ2n) is 3.47. The lowest BCUT2D eigenvalue weighted by Gasteiger charge is -2.22. The molecule has 16 heavy (non-hydrogen) atoms. The molecule has 0 fully saturated rings. The van der Waals surface area contributed by atoms with E-state index >= 15 is 0 Å².